The van der Waals surface area contributed by atoms with E-state index in [4.69, 9.17) is 0 Å². The van der Waals surface area contributed by atoms with Crippen molar-refractivity contribution in [2.45, 2.75) is 12.6 Å². The fraction of sp³-hybridized carbons (Fsp3) is 0.125. The first-order chi connectivity index (χ1) is 11.9. The summed E-state index contributed by atoms with van der Waals surface area (Å²) in [6, 6.07) is 8.79. The number of rotatable bonds is 5. The topological polar surface area (TPSA) is 54.0 Å². The third-order valence-corrected chi connectivity index (χ3v) is 5.12. The molecule has 0 atom stereocenters. The Morgan fingerprint density at radius 3 is 2.64 bits per heavy atom. The molecule has 0 bridgehead atoms. The van der Waals surface area contributed by atoms with Gasteiger partial charge in [-0.3, -0.25) is 15.6 Å². The number of nitrogens with one attached hydrogen (secondary N) is 2. The zero-order valence-corrected chi connectivity index (χ0v) is 14.3. The number of hydrogen-bond donors (Lipinski definition) is 2. The summed E-state index contributed by atoms with van der Waals surface area (Å²) in [5.74, 6) is -0.472. The Morgan fingerprint density at radius 2 is 1.92 bits per heavy atom. The number of hydrogen-bond acceptors (Lipinski definition) is 5. The Morgan fingerprint density at radius 1 is 1.12 bits per heavy atom. The van der Waals surface area contributed by atoms with E-state index in [0.29, 0.717) is 5.69 Å². The van der Waals surface area contributed by atoms with Gasteiger partial charge < -0.3 is 0 Å². The summed E-state index contributed by atoms with van der Waals surface area (Å²) in [7, 11) is 0. The summed E-state index contributed by atoms with van der Waals surface area (Å²) >= 11 is 2.97. The smallest absolute Gasteiger partial charge is 0.298 e. The van der Waals surface area contributed by atoms with Crippen LogP contribution in [0.25, 0.3) is 9.88 Å². The Bertz CT molecular complexity index is 860. The molecule has 4 nitrogen and oxygen atoms in total. The minimum absolute atomic E-state index is 0.0247. The number of para-hydroxylation sites is 1. The molecule has 25 heavy (non-hydrogen) atoms. The third kappa shape index (κ3) is 4.37. The lowest BCUT2D eigenvalue weighted by Gasteiger charge is -2.14. The van der Waals surface area contributed by atoms with Crippen molar-refractivity contribution < 1.29 is 18.0 Å². The number of benzene rings is 1. The van der Waals surface area contributed by atoms with Gasteiger partial charge in [-0.05, 0) is 23.6 Å². The van der Waals surface area contributed by atoms with E-state index in [1.165, 1.54) is 29.5 Å². The molecule has 0 spiro atoms. The highest BCUT2D eigenvalue weighted by atomic mass is 32.1. The van der Waals surface area contributed by atoms with Crippen molar-refractivity contribution in [2.75, 3.05) is 5.43 Å². The van der Waals surface area contributed by atoms with Crippen molar-refractivity contribution in [3.8, 4) is 9.88 Å². The van der Waals surface area contributed by atoms with E-state index < -0.39 is 17.6 Å². The van der Waals surface area contributed by atoms with Crippen LogP contribution in [0.1, 0.15) is 11.3 Å². The van der Waals surface area contributed by atoms with E-state index in [9.17, 15) is 18.0 Å². The lowest BCUT2D eigenvalue weighted by molar-refractivity contribution is -0.137. The van der Waals surface area contributed by atoms with Crippen molar-refractivity contribution in [2.24, 2.45) is 0 Å². The normalized spacial score (nSPS) is 11.3. The van der Waals surface area contributed by atoms with Crippen LogP contribution in [-0.2, 0) is 17.4 Å². The molecule has 2 N–H and O–H groups in total. The third-order valence-electron chi connectivity index (χ3n) is 3.19. The van der Waals surface area contributed by atoms with Crippen molar-refractivity contribution in [1.82, 2.24) is 10.4 Å². The maximum Gasteiger partial charge on any atom is 0.418 e. The number of thiophene rings is 1. The first-order valence-corrected chi connectivity index (χ1v) is 8.89. The van der Waals surface area contributed by atoms with Gasteiger partial charge >= 0.3 is 6.18 Å². The first-order valence-electron chi connectivity index (χ1n) is 7.13. The molecule has 3 rings (SSSR count). The average molecular weight is 383 g/mol. The van der Waals surface area contributed by atoms with Crippen LogP contribution in [0.2, 0.25) is 0 Å². The SMILES string of the molecule is O=C(Cc1csc(-c2cccs2)n1)NNc1ccccc1C(F)(F)F. The van der Waals surface area contributed by atoms with Crippen LogP contribution in [-0.4, -0.2) is 10.9 Å². The molecule has 0 fully saturated rings. The average Bonchev–Trinajstić information content (AvgIpc) is 3.23. The van der Waals surface area contributed by atoms with Crippen LogP contribution in [0.15, 0.2) is 47.2 Å². The summed E-state index contributed by atoms with van der Waals surface area (Å²) in [5, 5.41) is 4.51. The first kappa shape index (κ1) is 17.4. The van der Waals surface area contributed by atoms with Gasteiger partial charge in [-0.15, -0.1) is 22.7 Å². The number of carbonyl (C=O) groups is 1. The fourth-order valence-corrected chi connectivity index (χ4v) is 3.72. The lowest BCUT2D eigenvalue weighted by atomic mass is 10.2. The number of anilines is 1. The van der Waals surface area contributed by atoms with Gasteiger partial charge in [0.15, 0.2) is 0 Å². The number of aromatic nitrogens is 1. The van der Waals surface area contributed by atoms with Crippen molar-refractivity contribution in [1.29, 1.82) is 0 Å². The van der Waals surface area contributed by atoms with E-state index in [2.05, 4.69) is 15.8 Å². The van der Waals surface area contributed by atoms with Crippen molar-refractivity contribution in [3.05, 3.63) is 58.4 Å². The van der Waals surface area contributed by atoms with Crippen molar-refractivity contribution in [3.63, 3.8) is 0 Å². The zero-order chi connectivity index (χ0) is 17.9. The molecule has 1 amide bonds. The molecular formula is C16H12F3N3OS2. The summed E-state index contributed by atoms with van der Waals surface area (Å²) in [5.41, 5.74) is 4.13. The number of nitrogens with zero attached hydrogens (tertiary/aromatic N) is 1. The van der Waals surface area contributed by atoms with E-state index in [1.54, 1.807) is 16.7 Å². The molecule has 0 aliphatic carbocycles. The highest BCUT2D eigenvalue weighted by Crippen LogP contribution is 2.34. The number of hydrazine groups is 1. The molecular weight excluding hydrogens is 371 g/mol. The van der Waals surface area contributed by atoms with Gasteiger partial charge in [-0.2, -0.15) is 13.2 Å². The van der Waals surface area contributed by atoms with Gasteiger partial charge in [-0.1, -0.05) is 18.2 Å². The van der Waals surface area contributed by atoms with E-state index >= 15 is 0 Å². The molecule has 0 radical (unpaired) electrons. The predicted molar refractivity (Wildman–Crippen MR) is 92.3 cm³/mol. The minimum Gasteiger partial charge on any atom is -0.298 e. The second-order valence-electron chi connectivity index (χ2n) is 5.01. The fourth-order valence-electron chi connectivity index (χ4n) is 2.09. The molecule has 130 valence electrons. The number of carbonyl (C=O) groups excluding carboxylic acids is 1. The molecule has 0 aliphatic heterocycles. The summed E-state index contributed by atoms with van der Waals surface area (Å²) in [6.45, 7) is 0. The van der Waals surface area contributed by atoms with Crippen LogP contribution < -0.4 is 10.9 Å². The van der Waals surface area contributed by atoms with Gasteiger partial charge in [-0.25, -0.2) is 4.98 Å². The standard InChI is InChI=1S/C16H12F3N3OS2/c17-16(18,19)11-4-1-2-5-12(11)21-22-14(23)8-10-9-25-15(20-10)13-6-3-7-24-13/h1-7,9,21H,8H2,(H,22,23). The number of amides is 1. The van der Waals surface area contributed by atoms with Crippen LogP contribution in [0.5, 0.6) is 0 Å². The van der Waals surface area contributed by atoms with Gasteiger partial charge in [0.2, 0.25) is 5.91 Å². The Balaban J connectivity index is 1.61. The largest absolute Gasteiger partial charge is 0.418 e. The van der Waals surface area contributed by atoms with E-state index in [1.807, 2.05) is 17.5 Å². The maximum absolute atomic E-state index is 12.9. The van der Waals surface area contributed by atoms with Crippen LogP contribution in [0.3, 0.4) is 0 Å². The molecule has 0 aliphatic rings. The Kier molecular flexibility index (Phi) is 5.05. The number of thiazole rings is 1. The highest BCUT2D eigenvalue weighted by molar-refractivity contribution is 7.20. The van der Waals surface area contributed by atoms with E-state index in [-0.39, 0.29) is 12.1 Å². The monoisotopic (exact) mass is 383 g/mol. The quantitative estimate of drug-likeness (QED) is 0.635. The van der Waals surface area contributed by atoms with Gasteiger partial charge in [0.1, 0.15) is 5.01 Å². The van der Waals surface area contributed by atoms with Crippen molar-refractivity contribution >= 4 is 34.3 Å². The Labute approximate surface area is 149 Å². The van der Waals surface area contributed by atoms with E-state index in [0.717, 1.165) is 16.0 Å². The molecule has 9 heteroatoms. The summed E-state index contributed by atoms with van der Waals surface area (Å²) in [6.07, 6.45) is -4.53. The molecule has 2 aromatic heterocycles. The molecule has 0 saturated heterocycles. The van der Waals surface area contributed by atoms with Crippen LogP contribution in [0, 0.1) is 0 Å². The summed E-state index contributed by atoms with van der Waals surface area (Å²) in [4.78, 5) is 17.3. The predicted octanol–water partition coefficient (Wildman–Crippen LogP) is 4.58. The molecule has 1 aromatic carbocycles. The number of halogens is 3. The van der Waals surface area contributed by atoms with Gasteiger partial charge in [0.05, 0.1) is 28.2 Å². The zero-order valence-electron chi connectivity index (χ0n) is 12.6. The minimum atomic E-state index is -4.50. The summed E-state index contributed by atoms with van der Waals surface area (Å²) < 4.78 is 38.7. The van der Waals surface area contributed by atoms with Crippen LogP contribution in [0.4, 0.5) is 18.9 Å². The van der Waals surface area contributed by atoms with Crippen LogP contribution >= 0.6 is 22.7 Å². The molecule has 0 unspecified atom stereocenters. The second-order valence-corrected chi connectivity index (χ2v) is 6.82. The molecule has 3 aromatic rings. The molecule has 2 heterocycles. The maximum atomic E-state index is 12.9. The highest BCUT2D eigenvalue weighted by Gasteiger charge is 2.33. The van der Waals surface area contributed by atoms with Gasteiger partial charge in [0.25, 0.3) is 0 Å². The lowest BCUT2D eigenvalue weighted by Crippen LogP contribution is -2.31. The van der Waals surface area contributed by atoms with Gasteiger partial charge in [0, 0.05) is 5.38 Å². The second kappa shape index (κ2) is 7.24. The Hall–Kier alpha value is -2.39. The number of alkyl halides is 3. The molecule has 0 saturated carbocycles.